The van der Waals surface area contributed by atoms with E-state index in [1.165, 1.54) is 22.4 Å². The zero-order chi connectivity index (χ0) is 18.6. The van der Waals surface area contributed by atoms with E-state index in [9.17, 15) is 4.79 Å². The van der Waals surface area contributed by atoms with Crippen molar-refractivity contribution in [3.05, 3.63) is 75.7 Å². The summed E-state index contributed by atoms with van der Waals surface area (Å²) in [4.78, 5) is 16.5. The Labute approximate surface area is 163 Å². The van der Waals surface area contributed by atoms with E-state index in [1.807, 2.05) is 29.2 Å². The molecule has 6 heteroatoms. The Hall–Kier alpha value is -2.44. The quantitative estimate of drug-likeness (QED) is 0.710. The Morgan fingerprint density at radius 2 is 2.07 bits per heavy atom. The number of rotatable bonds is 6. The maximum atomic E-state index is 11.9. The van der Waals surface area contributed by atoms with Gasteiger partial charge in [-0.1, -0.05) is 24.3 Å². The fourth-order valence-electron chi connectivity index (χ4n) is 3.76. The molecule has 1 amide bonds. The van der Waals surface area contributed by atoms with Gasteiger partial charge in [-0.3, -0.25) is 14.4 Å². The second kappa shape index (κ2) is 8.06. The number of aromatic nitrogens is 2. The van der Waals surface area contributed by atoms with Gasteiger partial charge in [0, 0.05) is 36.9 Å². The molecule has 0 saturated carbocycles. The third-order valence-electron chi connectivity index (χ3n) is 5.05. The molecule has 1 aliphatic rings. The van der Waals surface area contributed by atoms with Gasteiger partial charge in [0.1, 0.15) is 0 Å². The summed E-state index contributed by atoms with van der Waals surface area (Å²) < 4.78 is 1.95. The molecule has 0 unspecified atom stereocenters. The van der Waals surface area contributed by atoms with Crippen LogP contribution in [0.2, 0.25) is 0 Å². The van der Waals surface area contributed by atoms with E-state index in [1.54, 1.807) is 18.4 Å². The molecule has 1 saturated heterocycles. The summed E-state index contributed by atoms with van der Waals surface area (Å²) in [7, 11) is 1.68. The van der Waals surface area contributed by atoms with E-state index in [0.29, 0.717) is 6.04 Å². The lowest BCUT2D eigenvalue weighted by atomic mass is 10.1. The first-order valence-corrected chi connectivity index (χ1v) is 10.2. The lowest BCUT2D eigenvalue weighted by molar-refractivity contribution is 0.0967. The maximum absolute atomic E-state index is 11.9. The van der Waals surface area contributed by atoms with Crippen LogP contribution in [0.15, 0.2) is 54.9 Å². The standard InChI is InChI=1S/C21H24N4OS/c1-22-21(26)20-9-8-19(27-20)18-7-3-11-24(18)14-16-5-2-6-17(13-16)15-25-12-4-10-23-25/h2,4-6,8-10,12-13,18H,3,7,11,14-15H2,1H3,(H,22,26)/t18-/m1/s1. The normalized spacial score (nSPS) is 17.3. The minimum absolute atomic E-state index is 0.00196. The van der Waals surface area contributed by atoms with Crippen molar-refractivity contribution in [1.29, 1.82) is 0 Å². The van der Waals surface area contributed by atoms with Crippen LogP contribution in [0.25, 0.3) is 0 Å². The van der Waals surface area contributed by atoms with Gasteiger partial charge in [0.05, 0.1) is 11.4 Å². The number of thiophene rings is 1. The first-order chi connectivity index (χ1) is 13.2. The molecule has 2 aromatic heterocycles. The molecule has 1 aliphatic heterocycles. The van der Waals surface area contributed by atoms with E-state index in [2.05, 4.69) is 45.6 Å². The summed E-state index contributed by atoms with van der Waals surface area (Å²) in [5, 5.41) is 7.01. The number of carbonyl (C=O) groups is 1. The highest BCUT2D eigenvalue weighted by atomic mass is 32.1. The van der Waals surface area contributed by atoms with Crippen molar-refractivity contribution in [2.24, 2.45) is 0 Å². The maximum Gasteiger partial charge on any atom is 0.261 e. The first kappa shape index (κ1) is 17.9. The molecule has 0 aliphatic carbocycles. The molecule has 3 aromatic rings. The molecule has 1 aromatic carbocycles. The fourth-order valence-corrected chi connectivity index (χ4v) is 4.88. The van der Waals surface area contributed by atoms with Gasteiger partial charge in [-0.2, -0.15) is 5.10 Å². The van der Waals surface area contributed by atoms with E-state index in [0.717, 1.165) is 30.9 Å². The van der Waals surface area contributed by atoms with Crippen molar-refractivity contribution in [2.45, 2.75) is 32.0 Å². The van der Waals surface area contributed by atoms with Crippen molar-refractivity contribution < 1.29 is 4.79 Å². The van der Waals surface area contributed by atoms with Gasteiger partial charge < -0.3 is 5.32 Å². The number of nitrogens with zero attached hydrogens (tertiary/aromatic N) is 3. The van der Waals surface area contributed by atoms with E-state index in [4.69, 9.17) is 0 Å². The molecule has 27 heavy (non-hydrogen) atoms. The van der Waals surface area contributed by atoms with Crippen LogP contribution in [0.1, 0.15) is 44.6 Å². The number of likely N-dealkylation sites (tertiary alicyclic amines) is 1. The number of hydrogen-bond acceptors (Lipinski definition) is 4. The molecular weight excluding hydrogens is 356 g/mol. The minimum atomic E-state index is 0.00196. The average molecular weight is 381 g/mol. The molecule has 1 atom stereocenters. The number of amides is 1. The third-order valence-corrected chi connectivity index (χ3v) is 6.24. The van der Waals surface area contributed by atoms with E-state index < -0.39 is 0 Å². The van der Waals surface area contributed by atoms with E-state index in [-0.39, 0.29) is 5.91 Å². The predicted molar refractivity (Wildman–Crippen MR) is 108 cm³/mol. The van der Waals surface area contributed by atoms with Crippen LogP contribution in [0.5, 0.6) is 0 Å². The Morgan fingerprint density at radius 3 is 2.85 bits per heavy atom. The first-order valence-electron chi connectivity index (χ1n) is 9.34. The number of nitrogens with one attached hydrogen (secondary N) is 1. The SMILES string of the molecule is CNC(=O)c1ccc([C@H]2CCCN2Cc2cccc(Cn3cccn3)c2)s1. The molecular formula is C21H24N4OS. The van der Waals surface area contributed by atoms with Crippen molar-refractivity contribution >= 4 is 17.2 Å². The summed E-state index contributed by atoms with van der Waals surface area (Å²) in [6.45, 7) is 2.83. The molecule has 3 heterocycles. The fraction of sp³-hybridized carbons (Fsp3) is 0.333. The second-order valence-corrected chi connectivity index (χ2v) is 8.05. The molecule has 1 N–H and O–H groups in total. The van der Waals surface area contributed by atoms with Crippen molar-refractivity contribution in [2.75, 3.05) is 13.6 Å². The molecule has 140 valence electrons. The third kappa shape index (κ3) is 4.12. The smallest absolute Gasteiger partial charge is 0.261 e. The van der Waals surface area contributed by atoms with Gasteiger partial charge in [-0.05, 0) is 48.7 Å². The molecule has 1 fully saturated rings. The van der Waals surface area contributed by atoms with Crippen molar-refractivity contribution in [1.82, 2.24) is 20.0 Å². The molecule has 5 nitrogen and oxygen atoms in total. The summed E-state index contributed by atoms with van der Waals surface area (Å²) in [6, 6.07) is 15.2. The monoisotopic (exact) mass is 380 g/mol. The number of benzene rings is 1. The second-order valence-electron chi connectivity index (χ2n) is 6.93. The van der Waals surface area contributed by atoms with Gasteiger partial charge in [-0.25, -0.2) is 0 Å². The van der Waals surface area contributed by atoms with Gasteiger partial charge in [0.2, 0.25) is 0 Å². The highest BCUT2D eigenvalue weighted by Crippen LogP contribution is 2.36. The average Bonchev–Trinajstić information content (AvgIpc) is 3.43. The number of hydrogen-bond donors (Lipinski definition) is 1. The van der Waals surface area contributed by atoms with Crippen LogP contribution in [0, 0.1) is 0 Å². The number of carbonyl (C=O) groups excluding carboxylic acids is 1. The van der Waals surface area contributed by atoms with Crippen molar-refractivity contribution in [3.8, 4) is 0 Å². The van der Waals surface area contributed by atoms with Gasteiger partial charge in [0.25, 0.3) is 5.91 Å². The van der Waals surface area contributed by atoms with Crippen LogP contribution >= 0.6 is 11.3 Å². The summed E-state index contributed by atoms with van der Waals surface area (Å²) >= 11 is 1.62. The molecule has 0 spiro atoms. The van der Waals surface area contributed by atoms with Gasteiger partial charge in [0.15, 0.2) is 0 Å². The Balaban J connectivity index is 1.47. The lowest BCUT2D eigenvalue weighted by Gasteiger charge is -2.24. The topological polar surface area (TPSA) is 50.2 Å². The molecule has 0 bridgehead atoms. The summed E-state index contributed by atoms with van der Waals surface area (Å²) in [6.07, 6.45) is 6.16. The Morgan fingerprint density at radius 1 is 1.22 bits per heavy atom. The highest BCUT2D eigenvalue weighted by Gasteiger charge is 2.27. The Bertz CT molecular complexity index is 903. The lowest BCUT2D eigenvalue weighted by Crippen LogP contribution is -2.22. The van der Waals surface area contributed by atoms with Crippen LogP contribution in [0.4, 0.5) is 0 Å². The van der Waals surface area contributed by atoms with Crippen LogP contribution in [0.3, 0.4) is 0 Å². The van der Waals surface area contributed by atoms with Crippen LogP contribution in [-0.2, 0) is 13.1 Å². The largest absolute Gasteiger partial charge is 0.354 e. The minimum Gasteiger partial charge on any atom is -0.354 e. The Kier molecular flexibility index (Phi) is 5.36. The van der Waals surface area contributed by atoms with Gasteiger partial charge >= 0.3 is 0 Å². The zero-order valence-corrected chi connectivity index (χ0v) is 16.3. The van der Waals surface area contributed by atoms with Crippen molar-refractivity contribution in [3.63, 3.8) is 0 Å². The van der Waals surface area contributed by atoms with Crippen LogP contribution < -0.4 is 5.32 Å². The predicted octanol–water partition coefficient (Wildman–Crippen LogP) is 3.69. The summed E-state index contributed by atoms with van der Waals surface area (Å²) in [5.41, 5.74) is 2.60. The highest BCUT2D eigenvalue weighted by molar-refractivity contribution is 7.14. The molecule has 4 rings (SSSR count). The summed E-state index contributed by atoms with van der Waals surface area (Å²) in [5.74, 6) is 0.00196. The van der Waals surface area contributed by atoms with E-state index >= 15 is 0 Å². The molecule has 0 radical (unpaired) electrons. The zero-order valence-electron chi connectivity index (χ0n) is 15.5. The van der Waals surface area contributed by atoms with Gasteiger partial charge in [-0.15, -0.1) is 11.3 Å². The van der Waals surface area contributed by atoms with Crippen LogP contribution in [-0.4, -0.2) is 34.2 Å².